The zero-order valence-electron chi connectivity index (χ0n) is 12.4. The molecule has 1 N–H and O–H groups in total. The molecular formula is C15H26N4. The van der Waals surface area contributed by atoms with Crippen LogP contribution in [0.15, 0.2) is 18.5 Å². The van der Waals surface area contributed by atoms with Crippen molar-refractivity contribution >= 4 is 11.4 Å². The highest BCUT2D eigenvalue weighted by molar-refractivity contribution is 5.56. The second-order valence-corrected chi connectivity index (χ2v) is 5.52. The van der Waals surface area contributed by atoms with Crippen molar-refractivity contribution in [2.24, 2.45) is 0 Å². The molecule has 0 bridgehead atoms. The minimum absolute atomic E-state index is 0.538. The number of hydrogen-bond donors (Lipinski definition) is 1. The summed E-state index contributed by atoms with van der Waals surface area (Å²) in [5.41, 5.74) is 2.37. The highest BCUT2D eigenvalue weighted by Gasteiger charge is 2.20. The molecule has 106 valence electrons. The maximum Gasteiger partial charge on any atom is 0.0576 e. The highest BCUT2D eigenvalue weighted by Crippen LogP contribution is 2.22. The maximum atomic E-state index is 4.38. The van der Waals surface area contributed by atoms with Gasteiger partial charge in [-0.05, 0) is 39.4 Å². The Balaban J connectivity index is 2.11. The van der Waals surface area contributed by atoms with Crippen molar-refractivity contribution in [2.75, 3.05) is 43.4 Å². The number of aromatic nitrogens is 1. The molecule has 2 heterocycles. The molecule has 1 aromatic heterocycles. The molecule has 19 heavy (non-hydrogen) atoms. The number of rotatable bonds is 4. The topological polar surface area (TPSA) is 31.4 Å². The van der Waals surface area contributed by atoms with Crippen LogP contribution in [0.4, 0.5) is 11.4 Å². The standard InChI is InChI=1S/C15H26N4/c1-4-6-17-14-9-15(11-16-10-14)19-8-5-7-18(3)12-13(19)2/h9-11,13,17H,4-8,12H2,1-3H3. The summed E-state index contributed by atoms with van der Waals surface area (Å²) in [5.74, 6) is 0. The first-order valence-corrected chi connectivity index (χ1v) is 7.35. The number of hydrogen-bond acceptors (Lipinski definition) is 4. The lowest BCUT2D eigenvalue weighted by Crippen LogP contribution is -2.38. The molecule has 4 heteroatoms. The van der Waals surface area contributed by atoms with Crippen molar-refractivity contribution in [1.82, 2.24) is 9.88 Å². The third-order valence-corrected chi connectivity index (χ3v) is 3.68. The largest absolute Gasteiger partial charge is 0.384 e. The summed E-state index contributed by atoms with van der Waals surface area (Å²) >= 11 is 0. The number of nitrogens with zero attached hydrogens (tertiary/aromatic N) is 3. The van der Waals surface area contributed by atoms with Crippen molar-refractivity contribution in [2.45, 2.75) is 32.7 Å². The Morgan fingerprint density at radius 3 is 3.00 bits per heavy atom. The first kappa shape index (κ1) is 14.1. The Bertz CT molecular complexity index is 393. The normalized spacial score (nSPS) is 21.2. The highest BCUT2D eigenvalue weighted by atomic mass is 15.2. The second-order valence-electron chi connectivity index (χ2n) is 5.52. The van der Waals surface area contributed by atoms with Gasteiger partial charge >= 0.3 is 0 Å². The lowest BCUT2D eigenvalue weighted by Gasteiger charge is -2.30. The lowest BCUT2D eigenvalue weighted by atomic mass is 10.2. The van der Waals surface area contributed by atoms with Crippen molar-refractivity contribution in [3.63, 3.8) is 0 Å². The predicted octanol–water partition coefficient (Wildman–Crippen LogP) is 2.43. The van der Waals surface area contributed by atoms with E-state index in [9.17, 15) is 0 Å². The van der Waals surface area contributed by atoms with Crippen LogP contribution in [0, 0.1) is 0 Å². The van der Waals surface area contributed by atoms with Crippen LogP contribution >= 0.6 is 0 Å². The number of nitrogens with one attached hydrogen (secondary N) is 1. The first-order valence-electron chi connectivity index (χ1n) is 7.35. The molecule has 0 aromatic carbocycles. The van der Waals surface area contributed by atoms with Gasteiger partial charge in [0.15, 0.2) is 0 Å². The van der Waals surface area contributed by atoms with Crippen molar-refractivity contribution in [3.8, 4) is 0 Å². The van der Waals surface area contributed by atoms with Crippen molar-refractivity contribution in [1.29, 1.82) is 0 Å². The SMILES string of the molecule is CCCNc1cncc(N2CCCN(C)CC2C)c1. The lowest BCUT2D eigenvalue weighted by molar-refractivity contribution is 0.337. The molecule has 1 unspecified atom stereocenters. The first-order chi connectivity index (χ1) is 9.20. The van der Waals surface area contributed by atoms with Gasteiger partial charge in [-0.2, -0.15) is 0 Å². The fraction of sp³-hybridized carbons (Fsp3) is 0.667. The zero-order valence-corrected chi connectivity index (χ0v) is 12.4. The molecule has 0 radical (unpaired) electrons. The van der Waals surface area contributed by atoms with Gasteiger partial charge in [-0.1, -0.05) is 6.92 Å². The van der Waals surface area contributed by atoms with E-state index in [4.69, 9.17) is 0 Å². The van der Waals surface area contributed by atoms with Crippen LogP contribution in [-0.2, 0) is 0 Å². The van der Waals surface area contributed by atoms with Gasteiger partial charge in [-0.25, -0.2) is 0 Å². The van der Waals surface area contributed by atoms with Gasteiger partial charge in [0.25, 0.3) is 0 Å². The Morgan fingerprint density at radius 2 is 2.21 bits per heavy atom. The Morgan fingerprint density at radius 1 is 1.37 bits per heavy atom. The number of anilines is 2. The van der Waals surface area contributed by atoms with Crippen LogP contribution in [0.1, 0.15) is 26.7 Å². The number of pyridine rings is 1. The zero-order chi connectivity index (χ0) is 13.7. The molecule has 0 amide bonds. The van der Waals surface area contributed by atoms with E-state index in [0.717, 1.165) is 31.7 Å². The molecule has 4 nitrogen and oxygen atoms in total. The number of likely N-dealkylation sites (N-methyl/N-ethyl adjacent to an activating group) is 1. The minimum Gasteiger partial charge on any atom is -0.384 e. The Kier molecular flexibility index (Phi) is 5.02. The van der Waals surface area contributed by atoms with Crippen LogP contribution in [-0.4, -0.2) is 49.2 Å². The van der Waals surface area contributed by atoms with Gasteiger partial charge < -0.3 is 15.1 Å². The summed E-state index contributed by atoms with van der Waals surface area (Å²) < 4.78 is 0. The van der Waals surface area contributed by atoms with Crippen molar-refractivity contribution in [3.05, 3.63) is 18.5 Å². The second kappa shape index (κ2) is 6.75. The summed E-state index contributed by atoms with van der Waals surface area (Å²) in [6.07, 6.45) is 6.25. The van der Waals surface area contributed by atoms with Gasteiger partial charge in [-0.3, -0.25) is 4.98 Å². The van der Waals surface area contributed by atoms with E-state index in [1.165, 1.54) is 18.7 Å². The molecule has 1 aromatic rings. The van der Waals surface area contributed by atoms with Crippen LogP contribution in [0.25, 0.3) is 0 Å². The van der Waals surface area contributed by atoms with E-state index in [1.807, 2.05) is 12.4 Å². The summed E-state index contributed by atoms with van der Waals surface area (Å²) in [5, 5.41) is 3.41. The third kappa shape index (κ3) is 3.83. The van der Waals surface area contributed by atoms with Gasteiger partial charge in [0, 0.05) is 25.7 Å². The Labute approximate surface area is 116 Å². The van der Waals surface area contributed by atoms with Crippen LogP contribution in [0.3, 0.4) is 0 Å². The predicted molar refractivity (Wildman–Crippen MR) is 81.9 cm³/mol. The molecule has 0 aliphatic carbocycles. The molecule has 0 spiro atoms. The van der Waals surface area contributed by atoms with Gasteiger partial charge in [0.1, 0.15) is 0 Å². The average Bonchev–Trinajstić information content (AvgIpc) is 2.57. The average molecular weight is 262 g/mol. The molecule has 1 saturated heterocycles. The molecule has 1 aliphatic heterocycles. The maximum absolute atomic E-state index is 4.38. The van der Waals surface area contributed by atoms with E-state index in [0.29, 0.717) is 6.04 Å². The van der Waals surface area contributed by atoms with Crippen LogP contribution in [0.5, 0.6) is 0 Å². The molecule has 0 saturated carbocycles. The van der Waals surface area contributed by atoms with Crippen LogP contribution in [0.2, 0.25) is 0 Å². The van der Waals surface area contributed by atoms with Crippen LogP contribution < -0.4 is 10.2 Å². The summed E-state index contributed by atoms with van der Waals surface area (Å²) in [6, 6.07) is 2.76. The molecule has 1 aliphatic rings. The minimum atomic E-state index is 0.538. The molecule has 2 rings (SSSR count). The fourth-order valence-electron chi connectivity index (χ4n) is 2.71. The van der Waals surface area contributed by atoms with Crippen molar-refractivity contribution < 1.29 is 0 Å². The molecular weight excluding hydrogens is 236 g/mol. The molecule has 1 fully saturated rings. The van der Waals surface area contributed by atoms with Gasteiger partial charge in [-0.15, -0.1) is 0 Å². The fourth-order valence-corrected chi connectivity index (χ4v) is 2.71. The van der Waals surface area contributed by atoms with Gasteiger partial charge in [0.2, 0.25) is 0 Å². The van der Waals surface area contributed by atoms with E-state index in [-0.39, 0.29) is 0 Å². The van der Waals surface area contributed by atoms with E-state index >= 15 is 0 Å². The van der Waals surface area contributed by atoms with Gasteiger partial charge in [0.05, 0.1) is 23.8 Å². The Hall–Kier alpha value is -1.29. The summed E-state index contributed by atoms with van der Waals surface area (Å²) in [6.45, 7) is 8.90. The van der Waals surface area contributed by atoms with E-state index in [1.54, 1.807) is 0 Å². The monoisotopic (exact) mass is 262 g/mol. The van der Waals surface area contributed by atoms with E-state index in [2.05, 4.69) is 47.1 Å². The third-order valence-electron chi connectivity index (χ3n) is 3.68. The van der Waals surface area contributed by atoms with E-state index < -0.39 is 0 Å². The smallest absolute Gasteiger partial charge is 0.0576 e. The summed E-state index contributed by atoms with van der Waals surface area (Å²) in [7, 11) is 2.21. The summed E-state index contributed by atoms with van der Waals surface area (Å²) in [4.78, 5) is 9.27. The molecule has 1 atom stereocenters. The quantitative estimate of drug-likeness (QED) is 0.903.